The van der Waals surface area contributed by atoms with E-state index in [-0.39, 0.29) is 6.04 Å². The Morgan fingerprint density at radius 3 is 1.60 bits per heavy atom. The average molecular weight is 597 g/mol. The van der Waals surface area contributed by atoms with Crippen molar-refractivity contribution in [2.45, 2.75) is 50.9 Å². The zero-order chi connectivity index (χ0) is 30.9. The van der Waals surface area contributed by atoms with E-state index in [0.717, 1.165) is 27.8 Å². The monoisotopic (exact) mass is 596 g/mol. The topological polar surface area (TPSA) is 84.5 Å². The van der Waals surface area contributed by atoms with Crippen LogP contribution in [0, 0.1) is 0 Å². The lowest BCUT2D eigenvalue weighted by atomic mass is 9.76. The largest absolute Gasteiger partial charge is 0.444 e. The fourth-order valence-corrected chi connectivity index (χ4v) is 5.51. The number of rotatable bonds is 11. The highest BCUT2D eigenvalue weighted by molar-refractivity contribution is 7.93. The van der Waals surface area contributed by atoms with Crippen LogP contribution >= 0.6 is 0 Å². The van der Waals surface area contributed by atoms with Crippen molar-refractivity contribution < 1.29 is 17.9 Å². The van der Waals surface area contributed by atoms with E-state index in [0.29, 0.717) is 13.0 Å². The fourth-order valence-electron chi connectivity index (χ4n) is 5.03. The molecule has 6 nitrogen and oxygen atoms in total. The molecule has 0 radical (unpaired) electrons. The molecule has 224 valence electrons. The van der Waals surface area contributed by atoms with Crippen LogP contribution in [0.1, 0.15) is 48.6 Å². The number of alkyl carbamates (subject to hydrolysis) is 1. The van der Waals surface area contributed by atoms with Crippen LogP contribution in [0.25, 0.3) is 0 Å². The minimum absolute atomic E-state index is 0.337. The maximum atomic E-state index is 12.3. The van der Waals surface area contributed by atoms with Crippen LogP contribution in [-0.2, 0) is 33.1 Å². The van der Waals surface area contributed by atoms with Gasteiger partial charge >= 0.3 is 6.09 Å². The molecule has 0 aromatic heterocycles. The first-order valence-corrected chi connectivity index (χ1v) is 16.3. The lowest BCUT2D eigenvalue weighted by molar-refractivity contribution is 0.0523. The number of benzene rings is 4. The molecule has 0 aliphatic heterocycles. The molecule has 2 N–H and O–H groups in total. The number of carbonyl (C=O) groups is 1. The van der Waals surface area contributed by atoms with Gasteiger partial charge in [0.2, 0.25) is 0 Å². The van der Waals surface area contributed by atoms with Crippen LogP contribution in [0.2, 0.25) is 0 Å². The van der Waals surface area contributed by atoms with Gasteiger partial charge in [0.1, 0.15) is 5.60 Å². The van der Waals surface area contributed by atoms with Crippen LogP contribution in [0.4, 0.5) is 4.79 Å². The molecule has 4 rings (SSSR count). The first kappa shape index (κ1) is 31.7. The summed E-state index contributed by atoms with van der Waals surface area (Å²) in [5.74, 6) is 0. The number of carbonyl (C=O) groups excluding carboxylic acids is 1. The predicted molar refractivity (Wildman–Crippen MR) is 173 cm³/mol. The third-order valence-electron chi connectivity index (χ3n) is 6.89. The van der Waals surface area contributed by atoms with Gasteiger partial charge in [-0.05, 0) is 55.0 Å². The zero-order valence-electron chi connectivity index (χ0n) is 25.2. The van der Waals surface area contributed by atoms with Gasteiger partial charge in [0.05, 0.1) is 5.54 Å². The summed E-state index contributed by atoms with van der Waals surface area (Å²) in [7, 11) is -3.37. The maximum absolute atomic E-state index is 12.3. The second-order valence-electron chi connectivity index (χ2n) is 11.6. The van der Waals surface area contributed by atoms with Gasteiger partial charge in [0.25, 0.3) is 0 Å². The van der Waals surface area contributed by atoms with Gasteiger partial charge in [-0.2, -0.15) is 0 Å². The van der Waals surface area contributed by atoms with Gasteiger partial charge in [-0.25, -0.2) is 13.2 Å². The van der Waals surface area contributed by atoms with Crippen LogP contribution in [0.15, 0.2) is 127 Å². The number of hydrogen-bond donors (Lipinski definition) is 2. The normalized spacial score (nSPS) is 13.0. The number of hydrogen-bond acceptors (Lipinski definition) is 5. The molecule has 0 spiro atoms. The SMILES string of the molecule is CC(C)(C)OC(=O)NCc1ccc(C[C@@H](C=CS(C)(=O)=O)NC(c2ccccc2)(c2ccccc2)c2ccccc2)cc1. The molecule has 0 fully saturated rings. The summed E-state index contributed by atoms with van der Waals surface area (Å²) >= 11 is 0. The maximum Gasteiger partial charge on any atom is 0.407 e. The fraction of sp³-hybridized carbons (Fsp3) is 0.250. The molecular formula is C36H40N2O4S. The molecule has 0 aliphatic rings. The Labute approximate surface area is 255 Å². The van der Waals surface area contributed by atoms with Crippen LogP contribution < -0.4 is 10.6 Å². The molecule has 4 aromatic carbocycles. The molecule has 0 saturated heterocycles. The summed E-state index contributed by atoms with van der Waals surface area (Å²) in [6.07, 6.45) is 2.99. The Hall–Kier alpha value is -4.20. The van der Waals surface area contributed by atoms with Crippen molar-refractivity contribution in [3.05, 3.63) is 155 Å². The molecule has 0 aliphatic carbocycles. The van der Waals surface area contributed by atoms with Gasteiger partial charge in [-0.15, -0.1) is 0 Å². The molecule has 7 heteroatoms. The van der Waals surface area contributed by atoms with Gasteiger partial charge in [-0.3, -0.25) is 5.32 Å². The average Bonchev–Trinajstić information content (AvgIpc) is 2.98. The summed E-state index contributed by atoms with van der Waals surface area (Å²) in [5.41, 5.74) is 3.71. The lowest BCUT2D eigenvalue weighted by Gasteiger charge is -2.39. The van der Waals surface area contributed by atoms with Crippen molar-refractivity contribution in [1.29, 1.82) is 0 Å². The predicted octanol–water partition coefficient (Wildman–Crippen LogP) is 6.76. The number of amides is 1. The van der Waals surface area contributed by atoms with Crippen molar-refractivity contribution in [2.75, 3.05) is 6.26 Å². The van der Waals surface area contributed by atoms with Gasteiger partial charge in [0, 0.05) is 24.3 Å². The summed E-state index contributed by atoms with van der Waals surface area (Å²) in [6.45, 7) is 5.81. The first-order valence-electron chi connectivity index (χ1n) is 14.3. The number of ether oxygens (including phenoxy) is 1. The Morgan fingerprint density at radius 1 is 0.744 bits per heavy atom. The number of nitrogens with one attached hydrogen (secondary N) is 2. The minimum Gasteiger partial charge on any atom is -0.444 e. The molecule has 4 aromatic rings. The zero-order valence-corrected chi connectivity index (χ0v) is 26.0. The van der Waals surface area contributed by atoms with Crippen molar-refractivity contribution in [3.8, 4) is 0 Å². The second kappa shape index (κ2) is 13.8. The molecule has 0 bridgehead atoms. The molecule has 1 atom stereocenters. The first-order chi connectivity index (χ1) is 20.4. The molecule has 1 amide bonds. The van der Waals surface area contributed by atoms with Crippen LogP contribution in [0.3, 0.4) is 0 Å². The Bertz CT molecular complexity index is 1500. The minimum atomic E-state index is -3.37. The lowest BCUT2D eigenvalue weighted by Crippen LogP contribution is -2.50. The van der Waals surface area contributed by atoms with Crippen molar-refractivity contribution >= 4 is 15.9 Å². The molecule has 0 heterocycles. The summed E-state index contributed by atoms with van der Waals surface area (Å²) < 4.78 is 29.9. The molecular weight excluding hydrogens is 556 g/mol. The Morgan fingerprint density at radius 2 is 1.19 bits per heavy atom. The van der Waals surface area contributed by atoms with Crippen molar-refractivity contribution in [2.24, 2.45) is 0 Å². The van der Waals surface area contributed by atoms with E-state index >= 15 is 0 Å². The highest BCUT2D eigenvalue weighted by Gasteiger charge is 2.37. The van der Waals surface area contributed by atoms with E-state index in [1.54, 1.807) is 6.08 Å². The smallest absolute Gasteiger partial charge is 0.407 e. The molecule has 0 saturated carbocycles. The van der Waals surface area contributed by atoms with Gasteiger partial charge in [0.15, 0.2) is 9.84 Å². The van der Waals surface area contributed by atoms with E-state index < -0.39 is 27.1 Å². The van der Waals surface area contributed by atoms with E-state index in [4.69, 9.17) is 4.74 Å². The third kappa shape index (κ3) is 9.14. The Balaban J connectivity index is 1.70. The number of sulfone groups is 1. The summed E-state index contributed by atoms with van der Waals surface area (Å²) in [5, 5.41) is 7.95. The molecule has 0 unspecified atom stereocenters. The van der Waals surface area contributed by atoms with Crippen LogP contribution in [0.5, 0.6) is 0 Å². The Kier molecular flexibility index (Phi) is 10.2. The van der Waals surface area contributed by atoms with Crippen LogP contribution in [-0.4, -0.2) is 32.4 Å². The highest BCUT2D eigenvalue weighted by atomic mass is 32.2. The van der Waals surface area contributed by atoms with Crippen molar-refractivity contribution in [1.82, 2.24) is 10.6 Å². The van der Waals surface area contributed by atoms with E-state index in [2.05, 4.69) is 47.0 Å². The van der Waals surface area contributed by atoms with Gasteiger partial charge in [-0.1, -0.05) is 121 Å². The highest BCUT2D eigenvalue weighted by Crippen LogP contribution is 2.37. The quantitative estimate of drug-likeness (QED) is 0.187. The van der Waals surface area contributed by atoms with Crippen molar-refractivity contribution in [3.63, 3.8) is 0 Å². The summed E-state index contributed by atoms with van der Waals surface area (Å²) in [6, 6.07) is 38.2. The standard InChI is InChI=1S/C36H40N2O4S/c1-35(2,3)42-34(39)37-27-29-22-20-28(21-23-29)26-33(24-25-43(4,40)41)38-36(30-14-8-5-9-15-30,31-16-10-6-11-17-31)32-18-12-7-13-19-32/h5-25,33,38H,26-27H2,1-4H3,(H,37,39)/t33-/m1/s1. The summed E-state index contributed by atoms with van der Waals surface area (Å²) in [4.78, 5) is 12.1. The van der Waals surface area contributed by atoms with Gasteiger partial charge < -0.3 is 10.1 Å². The van der Waals surface area contributed by atoms with E-state index in [9.17, 15) is 13.2 Å². The second-order valence-corrected chi connectivity index (χ2v) is 13.6. The van der Waals surface area contributed by atoms with E-state index in [1.807, 2.05) is 99.6 Å². The molecule has 43 heavy (non-hydrogen) atoms. The van der Waals surface area contributed by atoms with E-state index in [1.165, 1.54) is 11.7 Å². The third-order valence-corrected chi connectivity index (χ3v) is 7.55.